The Morgan fingerprint density at radius 2 is 1.55 bits per heavy atom. The summed E-state index contributed by atoms with van der Waals surface area (Å²) < 4.78 is 0. The summed E-state index contributed by atoms with van der Waals surface area (Å²) in [7, 11) is 2.13. The van der Waals surface area contributed by atoms with Crippen molar-refractivity contribution in [1.29, 1.82) is 0 Å². The summed E-state index contributed by atoms with van der Waals surface area (Å²) in [6.07, 6.45) is 9.94. The minimum Gasteiger partial charge on any atom is -0.313 e. The molecule has 1 saturated carbocycles. The Hall–Kier alpha value is -0.820. The summed E-state index contributed by atoms with van der Waals surface area (Å²) in [6.45, 7) is 6.74. The van der Waals surface area contributed by atoms with E-state index < -0.39 is 0 Å². The van der Waals surface area contributed by atoms with Crippen LogP contribution in [0.1, 0.15) is 73.2 Å². The van der Waals surface area contributed by atoms with Gasteiger partial charge in [-0.1, -0.05) is 56.2 Å². The van der Waals surface area contributed by atoms with Crippen LogP contribution in [0.5, 0.6) is 0 Å². The van der Waals surface area contributed by atoms with E-state index in [1.165, 1.54) is 61.6 Å². The molecular formula is C19H31N. The van der Waals surface area contributed by atoms with Crippen molar-refractivity contribution < 1.29 is 0 Å². The maximum atomic E-state index is 3.59. The van der Waals surface area contributed by atoms with Crippen molar-refractivity contribution >= 4 is 0 Å². The Balaban J connectivity index is 2.15. The van der Waals surface area contributed by atoms with Crippen molar-refractivity contribution in [3.63, 3.8) is 0 Å². The zero-order valence-corrected chi connectivity index (χ0v) is 13.8. The van der Waals surface area contributed by atoms with E-state index in [-0.39, 0.29) is 0 Å². The molecule has 1 aromatic carbocycles. The van der Waals surface area contributed by atoms with Crippen LogP contribution in [0.3, 0.4) is 0 Å². The van der Waals surface area contributed by atoms with Crippen LogP contribution in [-0.2, 0) is 0 Å². The van der Waals surface area contributed by atoms with Gasteiger partial charge in [-0.05, 0) is 56.8 Å². The van der Waals surface area contributed by atoms with Crippen LogP contribution in [0.4, 0.5) is 0 Å². The van der Waals surface area contributed by atoms with Crippen LogP contribution in [-0.4, -0.2) is 7.05 Å². The molecule has 1 unspecified atom stereocenters. The number of aryl methyl sites for hydroxylation is 3. The third-order valence-electron chi connectivity index (χ3n) is 4.98. The Morgan fingerprint density at radius 3 is 2.05 bits per heavy atom. The first-order valence-electron chi connectivity index (χ1n) is 8.37. The lowest BCUT2D eigenvalue weighted by molar-refractivity contribution is 0.366. The van der Waals surface area contributed by atoms with Gasteiger partial charge in [-0.15, -0.1) is 0 Å². The smallest absolute Gasteiger partial charge is 0.0325 e. The molecule has 0 radical (unpaired) electrons. The van der Waals surface area contributed by atoms with E-state index in [4.69, 9.17) is 0 Å². The lowest BCUT2D eigenvalue weighted by Crippen LogP contribution is -2.22. The zero-order valence-electron chi connectivity index (χ0n) is 13.8. The fraction of sp³-hybridized carbons (Fsp3) is 0.684. The van der Waals surface area contributed by atoms with E-state index in [9.17, 15) is 0 Å². The molecule has 1 aliphatic rings. The Bertz CT molecular complexity index is 404. The van der Waals surface area contributed by atoms with E-state index in [0.29, 0.717) is 6.04 Å². The van der Waals surface area contributed by atoms with Crippen LogP contribution in [0, 0.1) is 26.7 Å². The second kappa shape index (κ2) is 7.26. The molecule has 0 aromatic heterocycles. The first-order valence-corrected chi connectivity index (χ1v) is 8.37. The minimum absolute atomic E-state index is 0.527. The predicted molar refractivity (Wildman–Crippen MR) is 88.3 cm³/mol. The monoisotopic (exact) mass is 273 g/mol. The molecule has 1 aromatic rings. The molecular weight excluding hydrogens is 242 g/mol. The molecule has 20 heavy (non-hydrogen) atoms. The Morgan fingerprint density at radius 1 is 1.00 bits per heavy atom. The number of rotatable bonds is 4. The van der Waals surface area contributed by atoms with Gasteiger partial charge in [-0.25, -0.2) is 0 Å². The van der Waals surface area contributed by atoms with Gasteiger partial charge < -0.3 is 5.32 Å². The number of nitrogens with one attached hydrogen (secondary N) is 1. The highest BCUT2D eigenvalue weighted by Gasteiger charge is 2.21. The van der Waals surface area contributed by atoms with E-state index in [0.717, 1.165) is 5.92 Å². The SMILES string of the molecule is CNC(CC1CCCCCC1)c1c(C)cc(C)cc1C. The molecule has 1 heteroatoms. The van der Waals surface area contributed by atoms with Crippen molar-refractivity contribution in [2.24, 2.45) is 5.92 Å². The molecule has 0 amide bonds. The lowest BCUT2D eigenvalue weighted by Gasteiger charge is -2.26. The Kier molecular flexibility index (Phi) is 5.65. The second-order valence-corrected chi connectivity index (χ2v) is 6.75. The highest BCUT2D eigenvalue weighted by atomic mass is 14.9. The molecule has 0 saturated heterocycles. The maximum Gasteiger partial charge on any atom is 0.0325 e. The largest absolute Gasteiger partial charge is 0.313 e. The van der Waals surface area contributed by atoms with E-state index >= 15 is 0 Å². The highest BCUT2D eigenvalue weighted by molar-refractivity contribution is 5.39. The van der Waals surface area contributed by atoms with Crippen molar-refractivity contribution in [2.45, 2.75) is 71.8 Å². The van der Waals surface area contributed by atoms with Crippen LogP contribution < -0.4 is 5.32 Å². The van der Waals surface area contributed by atoms with Crippen LogP contribution in [0.15, 0.2) is 12.1 Å². The molecule has 1 atom stereocenters. The van der Waals surface area contributed by atoms with Crippen molar-refractivity contribution in [3.05, 3.63) is 34.4 Å². The lowest BCUT2D eigenvalue weighted by atomic mass is 9.86. The summed E-state index contributed by atoms with van der Waals surface area (Å²) in [6, 6.07) is 5.19. The molecule has 0 bridgehead atoms. The van der Waals surface area contributed by atoms with Gasteiger partial charge in [0.05, 0.1) is 0 Å². The van der Waals surface area contributed by atoms with E-state index in [1.54, 1.807) is 5.56 Å². The third-order valence-corrected chi connectivity index (χ3v) is 4.98. The fourth-order valence-electron chi connectivity index (χ4n) is 4.05. The van der Waals surface area contributed by atoms with Crippen LogP contribution >= 0.6 is 0 Å². The maximum absolute atomic E-state index is 3.59. The standard InChI is InChI=1S/C19H31N/c1-14-11-15(2)19(16(3)12-14)18(20-4)13-17-9-7-5-6-8-10-17/h11-12,17-18,20H,5-10,13H2,1-4H3. The van der Waals surface area contributed by atoms with E-state index in [1.807, 2.05) is 0 Å². The van der Waals surface area contributed by atoms with Gasteiger partial charge in [-0.2, -0.15) is 0 Å². The number of benzene rings is 1. The molecule has 112 valence electrons. The molecule has 0 aliphatic heterocycles. The fourth-order valence-corrected chi connectivity index (χ4v) is 4.05. The molecule has 2 rings (SSSR count). The van der Waals surface area contributed by atoms with Crippen molar-refractivity contribution in [3.8, 4) is 0 Å². The topological polar surface area (TPSA) is 12.0 Å². The van der Waals surface area contributed by atoms with Crippen molar-refractivity contribution in [1.82, 2.24) is 5.32 Å². The summed E-state index contributed by atoms with van der Waals surface area (Å²) in [4.78, 5) is 0. The van der Waals surface area contributed by atoms with E-state index in [2.05, 4.69) is 45.3 Å². The highest BCUT2D eigenvalue weighted by Crippen LogP contribution is 2.33. The first-order chi connectivity index (χ1) is 9.61. The van der Waals surface area contributed by atoms with Gasteiger partial charge in [0.2, 0.25) is 0 Å². The molecule has 0 spiro atoms. The van der Waals surface area contributed by atoms with Gasteiger partial charge in [-0.3, -0.25) is 0 Å². The minimum atomic E-state index is 0.527. The Labute approximate surface area is 125 Å². The average Bonchev–Trinajstić information content (AvgIpc) is 2.65. The molecule has 1 fully saturated rings. The molecule has 0 heterocycles. The number of hydrogen-bond donors (Lipinski definition) is 1. The molecule has 1 aliphatic carbocycles. The van der Waals surface area contributed by atoms with Gasteiger partial charge in [0.25, 0.3) is 0 Å². The van der Waals surface area contributed by atoms with Gasteiger partial charge in [0, 0.05) is 6.04 Å². The number of hydrogen-bond acceptors (Lipinski definition) is 1. The molecule has 1 nitrogen and oxygen atoms in total. The predicted octanol–water partition coefficient (Wildman–Crippen LogP) is 5.23. The van der Waals surface area contributed by atoms with Gasteiger partial charge >= 0.3 is 0 Å². The van der Waals surface area contributed by atoms with Gasteiger partial charge in [0.1, 0.15) is 0 Å². The molecule has 1 N–H and O–H groups in total. The summed E-state index contributed by atoms with van der Waals surface area (Å²) >= 11 is 0. The van der Waals surface area contributed by atoms with Crippen molar-refractivity contribution in [2.75, 3.05) is 7.05 Å². The summed E-state index contributed by atoms with van der Waals surface area (Å²) in [5.41, 5.74) is 5.83. The summed E-state index contributed by atoms with van der Waals surface area (Å²) in [5, 5.41) is 3.59. The normalized spacial score (nSPS) is 18.8. The quantitative estimate of drug-likeness (QED) is 0.740. The zero-order chi connectivity index (χ0) is 14.5. The van der Waals surface area contributed by atoms with Gasteiger partial charge in [0.15, 0.2) is 0 Å². The third kappa shape index (κ3) is 3.85. The van der Waals surface area contributed by atoms with Crippen LogP contribution in [0.2, 0.25) is 0 Å². The average molecular weight is 273 g/mol. The van der Waals surface area contributed by atoms with Crippen LogP contribution in [0.25, 0.3) is 0 Å². The second-order valence-electron chi connectivity index (χ2n) is 6.75. The summed E-state index contributed by atoms with van der Waals surface area (Å²) in [5.74, 6) is 0.912. The first kappa shape index (κ1) is 15.6.